The van der Waals surface area contributed by atoms with Gasteiger partial charge in [0, 0.05) is 0 Å². The molecule has 0 saturated heterocycles. The highest BCUT2D eigenvalue weighted by Crippen LogP contribution is 2.13. The Balaban J connectivity index is 3.31. The Labute approximate surface area is 64.5 Å². The molecule has 0 saturated carbocycles. The molecular formula is C9H20O. The molecule has 0 spiro atoms. The summed E-state index contributed by atoms with van der Waals surface area (Å²) in [6.45, 7) is 6.35. The fourth-order valence-corrected chi connectivity index (χ4v) is 1.12. The summed E-state index contributed by atoms with van der Waals surface area (Å²) in [5.74, 6) is 0.491. The van der Waals surface area contributed by atoms with E-state index in [1.807, 2.05) is 6.92 Å². The predicted octanol–water partition coefficient (Wildman–Crippen LogP) is 2.58. The summed E-state index contributed by atoms with van der Waals surface area (Å²) < 4.78 is 0. The molecule has 0 fully saturated rings. The van der Waals surface area contributed by atoms with Gasteiger partial charge in [-0.1, -0.05) is 33.6 Å². The maximum absolute atomic E-state index is 9.35. The van der Waals surface area contributed by atoms with Crippen LogP contribution in [0.4, 0.5) is 0 Å². The van der Waals surface area contributed by atoms with Crippen LogP contribution >= 0.6 is 0 Å². The molecule has 1 N–H and O–H groups in total. The summed E-state index contributed by atoms with van der Waals surface area (Å²) in [5.41, 5.74) is 0. The predicted molar refractivity (Wildman–Crippen MR) is 45.0 cm³/mol. The van der Waals surface area contributed by atoms with Gasteiger partial charge in [-0.15, -0.1) is 0 Å². The molecule has 1 nitrogen and oxygen atoms in total. The van der Waals surface area contributed by atoms with Crippen LogP contribution in [0.1, 0.15) is 46.5 Å². The third kappa shape index (κ3) is 3.89. The van der Waals surface area contributed by atoms with Crippen molar-refractivity contribution in [3.63, 3.8) is 0 Å². The van der Waals surface area contributed by atoms with E-state index in [1.165, 1.54) is 19.3 Å². The van der Waals surface area contributed by atoms with Gasteiger partial charge in [-0.25, -0.2) is 0 Å². The zero-order chi connectivity index (χ0) is 7.98. The second-order valence-electron chi connectivity index (χ2n) is 3.10. The molecule has 1 heteroatoms. The highest BCUT2D eigenvalue weighted by molar-refractivity contribution is 4.61. The van der Waals surface area contributed by atoms with Gasteiger partial charge in [-0.3, -0.25) is 0 Å². The SMILES string of the molecule is CCCCC(C)C(O)CC. The standard InChI is InChI=1S/C9H20O/c1-4-6-7-8(3)9(10)5-2/h8-10H,4-7H2,1-3H3. The van der Waals surface area contributed by atoms with Crippen LogP contribution in [-0.2, 0) is 0 Å². The van der Waals surface area contributed by atoms with E-state index in [9.17, 15) is 5.11 Å². The van der Waals surface area contributed by atoms with Crippen LogP contribution in [0.25, 0.3) is 0 Å². The average Bonchev–Trinajstić information content (AvgIpc) is 1.98. The van der Waals surface area contributed by atoms with Gasteiger partial charge in [0.25, 0.3) is 0 Å². The number of rotatable bonds is 5. The fraction of sp³-hybridized carbons (Fsp3) is 1.00. The monoisotopic (exact) mass is 144 g/mol. The third-order valence-corrected chi connectivity index (χ3v) is 2.09. The van der Waals surface area contributed by atoms with E-state index in [0.717, 1.165) is 6.42 Å². The Morgan fingerprint density at radius 2 is 1.90 bits per heavy atom. The van der Waals surface area contributed by atoms with E-state index >= 15 is 0 Å². The molecule has 62 valence electrons. The molecule has 0 aliphatic carbocycles. The van der Waals surface area contributed by atoms with E-state index in [1.54, 1.807) is 0 Å². The first-order valence-electron chi connectivity index (χ1n) is 4.40. The van der Waals surface area contributed by atoms with E-state index < -0.39 is 0 Å². The summed E-state index contributed by atoms with van der Waals surface area (Å²) in [6, 6.07) is 0. The Morgan fingerprint density at radius 1 is 1.30 bits per heavy atom. The van der Waals surface area contributed by atoms with Crippen LogP contribution in [0.2, 0.25) is 0 Å². The minimum atomic E-state index is -0.0773. The van der Waals surface area contributed by atoms with Crippen molar-refractivity contribution >= 4 is 0 Å². The van der Waals surface area contributed by atoms with Crippen molar-refractivity contribution in [2.75, 3.05) is 0 Å². The Morgan fingerprint density at radius 3 is 2.30 bits per heavy atom. The lowest BCUT2D eigenvalue weighted by atomic mass is 9.97. The molecule has 0 bridgehead atoms. The van der Waals surface area contributed by atoms with Gasteiger partial charge in [-0.05, 0) is 18.8 Å². The molecule has 10 heavy (non-hydrogen) atoms. The molecule has 0 amide bonds. The van der Waals surface area contributed by atoms with Gasteiger partial charge in [0.15, 0.2) is 0 Å². The topological polar surface area (TPSA) is 20.2 Å². The summed E-state index contributed by atoms with van der Waals surface area (Å²) in [5, 5.41) is 9.35. The van der Waals surface area contributed by atoms with Crippen molar-refractivity contribution in [2.45, 2.75) is 52.6 Å². The summed E-state index contributed by atoms with van der Waals surface area (Å²) in [7, 11) is 0. The van der Waals surface area contributed by atoms with E-state index in [4.69, 9.17) is 0 Å². The van der Waals surface area contributed by atoms with Crippen molar-refractivity contribution in [1.82, 2.24) is 0 Å². The van der Waals surface area contributed by atoms with Crippen LogP contribution < -0.4 is 0 Å². The number of hydrogen-bond donors (Lipinski definition) is 1. The van der Waals surface area contributed by atoms with Gasteiger partial charge >= 0.3 is 0 Å². The van der Waals surface area contributed by atoms with E-state index in [-0.39, 0.29) is 6.10 Å². The lowest BCUT2D eigenvalue weighted by Crippen LogP contribution is -2.15. The van der Waals surface area contributed by atoms with Gasteiger partial charge in [0.1, 0.15) is 0 Å². The molecule has 0 aromatic rings. The third-order valence-electron chi connectivity index (χ3n) is 2.09. The van der Waals surface area contributed by atoms with Gasteiger partial charge in [-0.2, -0.15) is 0 Å². The van der Waals surface area contributed by atoms with Gasteiger partial charge < -0.3 is 5.11 Å². The minimum absolute atomic E-state index is 0.0773. The summed E-state index contributed by atoms with van der Waals surface area (Å²) >= 11 is 0. The lowest BCUT2D eigenvalue weighted by molar-refractivity contribution is 0.107. The lowest BCUT2D eigenvalue weighted by Gasteiger charge is -2.15. The van der Waals surface area contributed by atoms with Crippen molar-refractivity contribution in [3.05, 3.63) is 0 Å². The quantitative estimate of drug-likeness (QED) is 0.628. The Bertz CT molecular complexity index is 71.1. The highest BCUT2D eigenvalue weighted by Gasteiger charge is 2.09. The molecule has 0 heterocycles. The number of aliphatic hydroxyl groups is 1. The zero-order valence-corrected chi connectivity index (χ0v) is 7.43. The van der Waals surface area contributed by atoms with Crippen LogP contribution in [0, 0.1) is 5.92 Å². The van der Waals surface area contributed by atoms with Crippen molar-refractivity contribution < 1.29 is 5.11 Å². The summed E-state index contributed by atoms with van der Waals surface area (Å²) in [4.78, 5) is 0. The summed E-state index contributed by atoms with van der Waals surface area (Å²) in [6.07, 6.45) is 4.47. The molecule has 2 atom stereocenters. The van der Waals surface area contributed by atoms with Crippen molar-refractivity contribution in [1.29, 1.82) is 0 Å². The minimum Gasteiger partial charge on any atom is -0.393 e. The molecule has 0 aromatic heterocycles. The maximum atomic E-state index is 9.35. The molecular weight excluding hydrogens is 124 g/mol. The largest absolute Gasteiger partial charge is 0.393 e. The van der Waals surface area contributed by atoms with E-state index in [2.05, 4.69) is 13.8 Å². The highest BCUT2D eigenvalue weighted by atomic mass is 16.3. The molecule has 0 radical (unpaired) electrons. The van der Waals surface area contributed by atoms with Gasteiger partial charge in [0.05, 0.1) is 6.10 Å². The molecule has 0 aliphatic heterocycles. The van der Waals surface area contributed by atoms with Crippen molar-refractivity contribution in [3.8, 4) is 0 Å². The first-order valence-corrected chi connectivity index (χ1v) is 4.40. The van der Waals surface area contributed by atoms with E-state index in [0.29, 0.717) is 5.92 Å². The molecule has 0 rings (SSSR count). The number of aliphatic hydroxyl groups excluding tert-OH is 1. The smallest absolute Gasteiger partial charge is 0.0563 e. The number of unbranched alkanes of at least 4 members (excludes halogenated alkanes) is 1. The van der Waals surface area contributed by atoms with Gasteiger partial charge in [0.2, 0.25) is 0 Å². The average molecular weight is 144 g/mol. The zero-order valence-electron chi connectivity index (χ0n) is 7.43. The first-order chi connectivity index (χ1) is 4.72. The second-order valence-corrected chi connectivity index (χ2v) is 3.10. The maximum Gasteiger partial charge on any atom is 0.0563 e. The normalized spacial score (nSPS) is 16.8. The molecule has 2 unspecified atom stereocenters. The molecule has 0 aliphatic rings. The Hall–Kier alpha value is -0.0400. The molecule has 0 aromatic carbocycles. The Kier molecular flexibility index (Phi) is 5.70. The van der Waals surface area contributed by atoms with Crippen LogP contribution in [-0.4, -0.2) is 11.2 Å². The fourth-order valence-electron chi connectivity index (χ4n) is 1.12. The second kappa shape index (κ2) is 5.72. The van der Waals surface area contributed by atoms with Crippen LogP contribution in [0.15, 0.2) is 0 Å². The first kappa shape index (κ1) is 9.96. The number of hydrogen-bond acceptors (Lipinski definition) is 1. The van der Waals surface area contributed by atoms with Crippen molar-refractivity contribution in [2.24, 2.45) is 5.92 Å². The van der Waals surface area contributed by atoms with Crippen LogP contribution in [0.5, 0.6) is 0 Å². The van der Waals surface area contributed by atoms with Crippen LogP contribution in [0.3, 0.4) is 0 Å².